The summed E-state index contributed by atoms with van der Waals surface area (Å²) in [4.78, 5) is 0. The molecule has 2 heteroatoms. The van der Waals surface area contributed by atoms with Gasteiger partial charge in [-0.2, -0.15) is 0 Å². The fraction of sp³-hybridized carbons (Fsp3) is 1.00. The van der Waals surface area contributed by atoms with E-state index in [0.29, 0.717) is 6.42 Å². The molecule has 1 fully saturated rings. The van der Waals surface area contributed by atoms with Gasteiger partial charge in [0.05, 0.1) is 0 Å². The van der Waals surface area contributed by atoms with Crippen molar-refractivity contribution < 1.29 is 10.2 Å². The molecule has 28 heavy (non-hydrogen) atoms. The lowest BCUT2D eigenvalue weighted by atomic mass is 9.63. The first-order valence-electron chi connectivity index (χ1n) is 13.0. The summed E-state index contributed by atoms with van der Waals surface area (Å²) in [5, 5.41) is 21.7. The first-order valence-corrected chi connectivity index (χ1v) is 13.0. The number of hydrogen-bond donors (Lipinski definition) is 2. The smallest absolute Gasteiger partial charge is 0.168 e. The molecule has 0 aliphatic heterocycles. The summed E-state index contributed by atoms with van der Waals surface area (Å²) >= 11 is 0. The van der Waals surface area contributed by atoms with Crippen LogP contribution in [0.5, 0.6) is 0 Å². The molecule has 0 radical (unpaired) electrons. The van der Waals surface area contributed by atoms with Crippen molar-refractivity contribution in [2.45, 2.75) is 161 Å². The van der Waals surface area contributed by atoms with Crippen LogP contribution in [0.15, 0.2) is 0 Å². The molecule has 1 aliphatic rings. The highest BCUT2D eigenvalue weighted by Crippen LogP contribution is 2.50. The molecule has 0 aromatic carbocycles. The highest BCUT2D eigenvalue weighted by molar-refractivity contribution is 4.94. The van der Waals surface area contributed by atoms with Gasteiger partial charge in [0, 0.05) is 11.8 Å². The van der Waals surface area contributed by atoms with Crippen molar-refractivity contribution in [3.63, 3.8) is 0 Å². The molecule has 0 aromatic heterocycles. The van der Waals surface area contributed by atoms with Crippen molar-refractivity contribution in [1.29, 1.82) is 0 Å². The summed E-state index contributed by atoms with van der Waals surface area (Å²) in [7, 11) is 0. The molecule has 0 heterocycles. The Balaban J connectivity index is 2.30. The van der Waals surface area contributed by atoms with Crippen molar-refractivity contribution in [2.24, 2.45) is 5.41 Å². The molecule has 0 aromatic rings. The first-order chi connectivity index (χ1) is 13.6. The van der Waals surface area contributed by atoms with E-state index in [4.69, 9.17) is 0 Å². The zero-order chi connectivity index (χ0) is 20.6. The van der Waals surface area contributed by atoms with E-state index < -0.39 is 5.79 Å². The van der Waals surface area contributed by atoms with Crippen LogP contribution in [-0.2, 0) is 0 Å². The van der Waals surface area contributed by atoms with Gasteiger partial charge in [0.25, 0.3) is 0 Å². The van der Waals surface area contributed by atoms with Gasteiger partial charge in [-0.25, -0.2) is 0 Å². The second kappa shape index (κ2) is 15.7. The van der Waals surface area contributed by atoms with Gasteiger partial charge < -0.3 is 10.2 Å². The Morgan fingerprint density at radius 2 is 0.857 bits per heavy atom. The maximum absolute atomic E-state index is 10.8. The Bertz CT molecular complexity index is 330. The zero-order valence-electron chi connectivity index (χ0n) is 19.5. The van der Waals surface area contributed by atoms with Crippen molar-refractivity contribution in [2.75, 3.05) is 0 Å². The quantitative estimate of drug-likeness (QED) is 0.181. The molecule has 1 aliphatic carbocycles. The minimum absolute atomic E-state index is 0.227. The lowest BCUT2D eigenvalue weighted by Crippen LogP contribution is -2.50. The van der Waals surface area contributed by atoms with Gasteiger partial charge in [0.15, 0.2) is 5.79 Å². The van der Waals surface area contributed by atoms with Crippen LogP contribution >= 0.6 is 0 Å². The van der Waals surface area contributed by atoms with Gasteiger partial charge in [-0.15, -0.1) is 0 Å². The van der Waals surface area contributed by atoms with Crippen LogP contribution in [0.25, 0.3) is 0 Å². The molecule has 0 saturated heterocycles. The molecule has 1 rings (SSSR count). The number of rotatable bonds is 18. The highest BCUT2D eigenvalue weighted by atomic mass is 16.5. The van der Waals surface area contributed by atoms with E-state index in [1.807, 2.05) is 0 Å². The minimum atomic E-state index is -1.42. The molecule has 0 bridgehead atoms. The van der Waals surface area contributed by atoms with E-state index >= 15 is 0 Å². The standard InChI is InChI=1S/C26H52O2/c1-3-5-7-9-11-13-15-17-21-25(23-19-20-24-26(25,27)28)22-18-16-14-12-10-8-6-4-2/h27-28H,3-24H2,1-2H3. The van der Waals surface area contributed by atoms with Crippen molar-refractivity contribution >= 4 is 0 Å². The third kappa shape index (κ3) is 10.1. The zero-order valence-corrected chi connectivity index (χ0v) is 19.5. The Morgan fingerprint density at radius 1 is 0.500 bits per heavy atom. The van der Waals surface area contributed by atoms with Crippen LogP contribution in [0, 0.1) is 5.41 Å². The first kappa shape index (κ1) is 26.0. The van der Waals surface area contributed by atoms with Gasteiger partial charge >= 0.3 is 0 Å². The molecule has 168 valence electrons. The lowest BCUT2D eigenvalue weighted by Gasteiger charge is -2.48. The summed E-state index contributed by atoms with van der Waals surface area (Å²) in [6.45, 7) is 4.54. The third-order valence-corrected chi connectivity index (χ3v) is 7.30. The number of aliphatic hydroxyl groups is 2. The van der Waals surface area contributed by atoms with Crippen molar-refractivity contribution in [1.82, 2.24) is 0 Å². The monoisotopic (exact) mass is 396 g/mol. The molecule has 2 N–H and O–H groups in total. The van der Waals surface area contributed by atoms with Crippen LogP contribution in [0.4, 0.5) is 0 Å². The van der Waals surface area contributed by atoms with Crippen LogP contribution < -0.4 is 0 Å². The van der Waals surface area contributed by atoms with Gasteiger partial charge in [0.1, 0.15) is 0 Å². The maximum atomic E-state index is 10.8. The molecule has 0 unspecified atom stereocenters. The van der Waals surface area contributed by atoms with Gasteiger partial charge in [-0.1, -0.05) is 123 Å². The molecule has 1 saturated carbocycles. The Kier molecular flexibility index (Phi) is 14.6. The minimum Gasteiger partial charge on any atom is -0.365 e. The normalized spacial score (nSPS) is 18.4. The summed E-state index contributed by atoms with van der Waals surface area (Å²) in [6.07, 6.45) is 26.9. The average Bonchev–Trinajstić information content (AvgIpc) is 2.68. The Hall–Kier alpha value is -0.0800. The van der Waals surface area contributed by atoms with E-state index in [1.54, 1.807) is 0 Å². The Labute approximate surface area is 176 Å². The molecule has 0 amide bonds. The average molecular weight is 397 g/mol. The van der Waals surface area contributed by atoms with Gasteiger partial charge in [0.2, 0.25) is 0 Å². The molecule has 2 nitrogen and oxygen atoms in total. The van der Waals surface area contributed by atoms with Crippen LogP contribution in [-0.4, -0.2) is 16.0 Å². The number of unbranched alkanes of at least 4 members (excludes halogenated alkanes) is 14. The van der Waals surface area contributed by atoms with Gasteiger partial charge in [-0.3, -0.25) is 0 Å². The lowest BCUT2D eigenvalue weighted by molar-refractivity contribution is -0.267. The number of hydrogen-bond acceptors (Lipinski definition) is 2. The maximum Gasteiger partial charge on any atom is 0.168 e. The SMILES string of the molecule is CCCCCCCCCCC1(CCCCCCCCCC)CCCCC1(O)O. The summed E-state index contributed by atoms with van der Waals surface area (Å²) < 4.78 is 0. The summed E-state index contributed by atoms with van der Waals surface area (Å²) in [5.74, 6) is -1.42. The van der Waals surface area contributed by atoms with Crippen LogP contribution in [0.2, 0.25) is 0 Å². The highest BCUT2D eigenvalue weighted by Gasteiger charge is 2.49. The third-order valence-electron chi connectivity index (χ3n) is 7.30. The predicted octanol–water partition coefficient (Wildman–Crippen LogP) is 8.29. The van der Waals surface area contributed by atoms with Crippen molar-refractivity contribution in [3.8, 4) is 0 Å². The van der Waals surface area contributed by atoms with E-state index in [9.17, 15) is 10.2 Å². The summed E-state index contributed by atoms with van der Waals surface area (Å²) in [5.41, 5.74) is -0.227. The van der Waals surface area contributed by atoms with Gasteiger partial charge in [-0.05, 0) is 25.7 Å². The van der Waals surface area contributed by atoms with E-state index in [2.05, 4.69) is 13.8 Å². The van der Waals surface area contributed by atoms with E-state index in [1.165, 1.54) is 109 Å². The van der Waals surface area contributed by atoms with Crippen LogP contribution in [0.1, 0.15) is 155 Å². The second-order valence-corrected chi connectivity index (χ2v) is 9.75. The van der Waals surface area contributed by atoms with Crippen LogP contribution in [0.3, 0.4) is 0 Å². The largest absolute Gasteiger partial charge is 0.365 e. The van der Waals surface area contributed by atoms with Crippen molar-refractivity contribution in [3.05, 3.63) is 0 Å². The fourth-order valence-corrected chi connectivity index (χ4v) is 5.27. The molecular formula is C26H52O2. The molecule has 0 spiro atoms. The Morgan fingerprint density at radius 3 is 1.25 bits per heavy atom. The fourth-order valence-electron chi connectivity index (χ4n) is 5.27. The molecular weight excluding hydrogens is 344 g/mol. The van der Waals surface area contributed by atoms with E-state index in [-0.39, 0.29) is 5.41 Å². The van der Waals surface area contributed by atoms with E-state index in [0.717, 1.165) is 25.7 Å². The summed E-state index contributed by atoms with van der Waals surface area (Å²) in [6, 6.07) is 0. The predicted molar refractivity (Wildman–Crippen MR) is 123 cm³/mol. The second-order valence-electron chi connectivity index (χ2n) is 9.75. The topological polar surface area (TPSA) is 40.5 Å². The molecule has 0 atom stereocenters.